The van der Waals surface area contributed by atoms with Crippen LogP contribution in [-0.2, 0) is 4.79 Å². The molecule has 104 valence electrons. The van der Waals surface area contributed by atoms with Crippen LogP contribution < -0.4 is 5.32 Å². The lowest BCUT2D eigenvalue weighted by atomic mass is 9.85. The van der Waals surface area contributed by atoms with E-state index in [1.165, 1.54) is 19.3 Å². The summed E-state index contributed by atoms with van der Waals surface area (Å²) in [5, 5.41) is 3.57. The highest BCUT2D eigenvalue weighted by molar-refractivity contribution is 5.84. The molecular formula is C15H28N2O. The predicted molar refractivity (Wildman–Crippen MR) is 74.1 cm³/mol. The molecule has 0 aromatic heterocycles. The van der Waals surface area contributed by atoms with Crippen LogP contribution in [0.1, 0.15) is 53.4 Å². The largest absolute Gasteiger partial charge is 0.325 e. The minimum Gasteiger partial charge on any atom is -0.325 e. The first-order valence-electron chi connectivity index (χ1n) is 7.61. The number of hydrogen-bond donors (Lipinski definition) is 1. The Morgan fingerprint density at radius 2 is 2.00 bits per heavy atom. The van der Waals surface area contributed by atoms with Crippen molar-refractivity contribution < 1.29 is 4.79 Å². The number of carbonyl (C=O) groups is 1. The highest BCUT2D eigenvalue weighted by atomic mass is 16.2. The number of carbonyl (C=O) groups excluding carboxylic acids is 1. The van der Waals surface area contributed by atoms with Gasteiger partial charge in [-0.05, 0) is 30.6 Å². The molecule has 3 atom stereocenters. The SMILES string of the molecule is CCC(C)C1NC(C(C)C)N(CC2CCC2)C1=O. The molecule has 0 bridgehead atoms. The van der Waals surface area contributed by atoms with E-state index in [9.17, 15) is 4.79 Å². The van der Waals surface area contributed by atoms with Gasteiger partial charge in [0.15, 0.2) is 0 Å². The monoisotopic (exact) mass is 252 g/mol. The van der Waals surface area contributed by atoms with Gasteiger partial charge in [0.2, 0.25) is 5.91 Å². The van der Waals surface area contributed by atoms with Gasteiger partial charge in [-0.3, -0.25) is 10.1 Å². The van der Waals surface area contributed by atoms with Gasteiger partial charge in [-0.2, -0.15) is 0 Å². The molecule has 0 aromatic carbocycles. The third kappa shape index (κ3) is 2.56. The van der Waals surface area contributed by atoms with Gasteiger partial charge in [0.25, 0.3) is 0 Å². The van der Waals surface area contributed by atoms with Crippen molar-refractivity contribution in [3.63, 3.8) is 0 Å². The van der Waals surface area contributed by atoms with E-state index in [0.717, 1.165) is 18.9 Å². The molecule has 3 nitrogen and oxygen atoms in total. The smallest absolute Gasteiger partial charge is 0.241 e. The van der Waals surface area contributed by atoms with Crippen LogP contribution in [0.25, 0.3) is 0 Å². The van der Waals surface area contributed by atoms with Crippen molar-refractivity contribution in [2.75, 3.05) is 6.54 Å². The summed E-state index contributed by atoms with van der Waals surface area (Å²) in [5.41, 5.74) is 0. The van der Waals surface area contributed by atoms with E-state index in [-0.39, 0.29) is 12.2 Å². The summed E-state index contributed by atoms with van der Waals surface area (Å²) in [5.74, 6) is 2.02. The molecule has 18 heavy (non-hydrogen) atoms. The van der Waals surface area contributed by atoms with Gasteiger partial charge in [-0.15, -0.1) is 0 Å². The van der Waals surface area contributed by atoms with E-state index >= 15 is 0 Å². The molecule has 1 N–H and O–H groups in total. The lowest BCUT2D eigenvalue weighted by molar-refractivity contribution is -0.132. The molecule has 0 aromatic rings. The molecule has 0 radical (unpaired) electrons. The lowest BCUT2D eigenvalue weighted by Crippen LogP contribution is -2.44. The van der Waals surface area contributed by atoms with Crippen LogP contribution in [0.4, 0.5) is 0 Å². The van der Waals surface area contributed by atoms with E-state index in [4.69, 9.17) is 0 Å². The van der Waals surface area contributed by atoms with E-state index in [0.29, 0.717) is 17.7 Å². The second-order valence-corrected chi connectivity index (χ2v) is 6.51. The second kappa shape index (κ2) is 5.60. The van der Waals surface area contributed by atoms with Gasteiger partial charge in [0.05, 0.1) is 12.2 Å². The predicted octanol–water partition coefficient (Wildman–Crippen LogP) is 2.62. The molecule has 2 aliphatic rings. The van der Waals surface area contributed by atoms with E-state index in [1.54, 1.807) is 0 Å². The third-order valence-electron chi connectivity index (χ3n) is 4.76. The third-order valence-corrected chi connectivity index (χ3v) is 4.76. The molecule has 1 amide bonds. The number of rotatable bonds is 5. The number of nitrogens with one attached hydrogen (secondary N) is 1. The van der Waals surface area contributed by atoms with E-state index < -0.39 is 0 Å². The minimum absolute atomic E-state index is 0.0440. The topological polar surface area (TPSA) is 32.3 Å². The Morgan fingerprint density at radius 1 is 1.33 bits per heavy atom. The van der Waals surface area contributed by atoms with Crippen LogP contribution in [0.2, 0.25) is 0 Å². The normalized spacial score (nSPS) is 30.9. The Kier molecular flexibility index (Phi) is 4.31. The highest BCUT2D eigenvalue weighted by Gasteiger charge is 2.43. The molecule has 1 aliphatic carbocycles. The lowest BCUT2D eigenvalue weighted by Gasteiger charge is -2.34. The summed E-state index contributed by atoms with van der Waals surface area (Å²) in [6.45, 7) is 9.73. The van der Waals surface area contributed by atoms with Crippen molar-refractivity contribution in [2.24, 2.45) is 17.8 Å². The number of nitrogens with zero attached hydrogens (tertiary/aromatic N) is 1. The quantitative estimate of drug-likeness (QED) is 0.816. The molecule has 1 aliphatic heterocycles. The maximum absolute atomic E-state index is 12.6. The summed E-state index contributed by atoms with van der Waals surface area (Å²) < 4.78 is 0. The average Bonchev–Trinajstić information content (AvgIpc) is 2.60. The molecule has 3 unspecified atom stereocenters. The first kappa shape index (κ1) is 13.9. The second-order valence-electron chi connectivity index (χ2n) is 6.51. The maximum atomic E-state index is 12.6. The van der Waals surface area contributed by atoms with Crippen molar-refractivity contribution in [3.8, 4) is 0 Å². The van der Waals surface area contributed by atoms with Gasteiger partial charge in [0.1, 0.15) is 0 Å². The van der Waals surface area contributed by atoms with Crippen molar-refractivity contribution in [1.82, 2.24) is 10.2 Å². The van der Waals surface area contributed by atoms with Gasteiger partial charge >= 0.3 is 0 Å². The summed E-state index contributed by atoms with van der Waals surface area (Å²) in [6.07, 6.45) is 5.27. The first-order chi connectivity index (χ1) is 8.54. The van der Waals surface area contributed by atoms with E-state index in [2.05, 4.69) is 37.9 Å². The Morgan fingerprint density at radius 3 is 2.44 bits per heavy atom. The van der Waals surface area contributed by atoms with Gasteiger partial charge in [-0.25, -0.2) is 0 Å². The van der Waals surface area contributed by atoms with E-state index in [1.807, 2.05) is 0 Å². The zero-order valence-electron chi connectivity index (χ0n) is 12.3. The Hall–Kier alpha value is -0.570. The molecule has 1 saturated carbocycles. The summed E-state index contributed by atoms with van der Waals surface area (Å²) in [4.78, 5) is 14.7. The van der Waals surface area contributed by atoms with Gasteiger partial charge in [0, 0.05) is 6.54 Å². The Labute approximate surface area is 111 Å². The summed E-state index contributed by atoms with van der Waals surface area (Å²) >= 11 is 0. The fourth-order valence-corrected chi connectivity index (χ4v) is 3.01. The highest BCUT2D eigenvalue weighted by Crippen LogP contribution is 2.31. The molecular weight excluding hydrogens is 224 g/mol. The Balaban J connectivity index is 2.05. The molecule has 3 heteroatoms. The van der Waals surface area contributed by atoms with Gasteiger partial charge < -0.3 is 4.90 Å². The maximum Gasteiger partial charge on any atom is 0.241 e. The zero-order valence-corrected chi connectivity index (χ0v) is 12.3. The zero-order chi connectivity index (χ0) is 13.3. The summed E-state index contributed by atoms with van der Waals surface area (Å²) in [6, 6.07) is 0.0440. The molecule has 1 saturated heterocycles. The average molecular weight is 252 g/mol. The molecule has 0 spiro atoms. The number of amides is 1. The molecule has 2 rings (SSSR count). The van der Waals surface area contributed by atoms with Crippen LogP contribution in [0, 0.1) is 17.8 Å². The molecule has 2 fully saturated rings. The molecule has 1 heterocycles. The fourth-order valence-electron chi connectivity index (χ4n) is 3.01. The van der Waals surface area contributed by atoms with Gasteiger partial charge in [-0.1, -0.05) is 40.5 Å². The fraction of sp³-hybridized carbons (Fsp3) is 0.933. The van der Waals surface area contributed by atoms with Crippen LogP contribution in [-0.4, -0.2) is 29.6 Å². The van der Waals surface area contributed by atoms with Crippen molar-refractivity contribution in [1.29, 1.82) is 0 Å². The Bertz CT molecular complexity index is 299. The van der Waals surface area contributed by atoms with Crippen molar-refractivity contribution in [2.45, 2.75) is 65.6 Å². The van der Waals surface area contributed by atoms with Crippen LogP contribution in [0.15, 0.2) is 0 Å². The van der Waals surface area contributed by atoms with Crippen molar-refractivity contribution in [3.05, 3.63) is 0 Å². The van der Waals surface area contributed by atoms with Crippen LogP contribution >= 0.6 is 0 Å². The standard InChI is InChI=1S/C15H28N2O/c1-5-11(4)13-15(18)17(9-12-7-6-8-12)14(16-13)10(2)3/h10-14,16H,5-9H2,1-4H3. The van der Waals surface area contributed by atoms with Crippen LogP contribution in [0.5, 0.6) is 0 Å². The van der Waals surface area contributed by atoms with Crippen LogP contribution in [0.3, 0.4) is 0 Å². The number of hydrogen-bond acceptors (Lipinski definition) is 2. The first-order valence-corrected chi connectivity index (χ1v) is 7.61. The summed E-state index contributed by atoms with van der Waals surface area (Å²) in [7, 11) is 0. The minimum atomic E-state index is 0.0440. The van der Waals surface area contributed by atoms with Crippen molar-refractivity contribution >= 4 is 5.91 Å².